The van der Waals surface area contributed by atoms with Gasteiger partial charge in [-0.05, 0) is 31.9 Å². The van der Waals surface area contributed by atoms with Crippen molar-refractivity contribution in [2.24, 2.45) is 0 Å². The largest absolute Gasteiger partial charge is 0.493 e. The van der Waals surface area contributed by atoms with Gasteiger partial charge in [0, 0.05) is 31.1 Å². The quantitative estimate of drug-likeness (QED) is 0.507. The molecule has 0 radical (unpaired) electrons. The summed E-state index contributed by atoms with van der Waals surface area (Å²) < 4.78 is 11.4. The number of hydrogen-bond donors (Lipinski definition) is 2. The fourth-order valence-electron chi connectivity index (χ4n) is 3.49. The van der Waals surface area contributed by atoms with E-state index in [0.29, 0.717) is 23.3 Å². The smallest absolute Gasteiger partial charge is 0.347 e. The topological polar surface area (TPSA) is 110 Å². The molecule has 1 fully saturated rings. The molecule has 0 amide bonds. The number of nitrogens with zero attached hydrogens (tertiary/aromatic N) is 4. The van der Waals surface area contributed by atoms with Crippen LogP contribution in [0.5, 0.6) is 5.75 Å². The van der Waals surface area contributed by atoms with Gasteiger partial charge in [-0.25, -0.2) is 19.7 Å². The van der Waals surface area contributed by atoms with Crippen molar-refractivity contribution in [3.05, 3.63) is 34.6 Å². The number of fused-ring (bicyclic) bond motifs is 1. The first-order valence-electron chi connectivity index (χ1n) is 10.2. The molecule has 3 aromatic rings. The lowest BCUT2D eigenvalue weighted by Gasteiger charge is -2.26. The molecule has 0 spiro atoms. The number of carbonyl (C=O) groups is 1. The number of anilines is 2. The van der Waals surface area contributed by atoms with Crippen molar-refractivity contribution in [3.63, 3.8) is 0 Å². The molecule has 10 heteroatoms. The van der Waals surface area contributed by atoms with Gasteiger partial charge in [-0.15, -0.1) is 0 Å². The lowest BCUT2D eigenvalue weighted by Crippen LogP contribution is -2.37. The van der Waals surface area contributed by atoms with Crippen molar-refractivity contribution in [3.8, 4) is 5.75 Å². The molecule has 0 unspecified atom stereocenters. The van der Waals surface area contributed by atoms with Crippen LogP contribution in [-0.4, -0.2) is 70.4 Å². The van der Waals surface area contributed by atoms with Crippen molar-refractivity contribution in [1.29, 1.82) is 0 Å². The second-order valence-corrected chi connectivity index (χ2v) is 8.38. The highest BCUT2D eigenvalue weighted by molar-refractivity contribution is 7.17. The summed E-state index contributed by atoms with van der Waals surface area (Å²) in [6.07, 6.45) is 2.42. The predicted octanol–water partition coefficient (Wildman–Crippen LogP) is 3.25. The summed E-state index contributed by atoms with van der Waals surface area (Å²) in [6, 6.07) is 3.90. The maximum absolute atomic E-state index is 11.3. The number of hydrogen-bond acceptors (Lipinski definition) is 9. The number of carboxylic acid groups (broad SMARTS) is 1. The van der Waals surface area contributed by atoms with E-state index in [1.807, 2.05) is 19.1 Å². The first kappa shape index (κ1) is 21.4. The maximum atomic E-state index is 11.3. The Morgan fingerprint density at radius 1 is 1.29 bits per heavy atom. The fraction of sp³-hybridized carbons (Fsp3) is 0.429. The second kappa shape index (κ2) is 9.54. The molecule has 4 rings (SSSR count). The van der Waals surface area contributed by atoms with E-state index < -0.39 is 5.97 Å². The molecular weight excluding hydrogens is 418 g/mol. The first-order chi connectivity index (χ1) is 15.0. The number of morpholine rings is 1. The average molecular weight is 444 g/mol. The number of aromatic carboxylic acids is 1. The van der Waals surface area contributed by atoms with Gasteiger partial charge in [-0.1, -0.05) is 11.3 Å². The molecule has 0 bridgehead atoms. The van der Waals surface area contributed by atoms with Crippen LogP contribution in [0, 0.1) is 13.8 Å². The molecule has 164 valence electrons. The minimum Gasteiger partial charge on any atom is -0.493 e. The van der Waals surface area contributed by atoms with Gasteiger partial charge in [0.2, 0.25) is 0 Å². The third kappa shape index (κ3) is 5.09. The van der Waals surface area contributed by atoms with E-state index in [9.17, 15) is 9.90 Å². The van der Waals surface area contributed by atoms with Crippen LogP contribution in [0.1, 0.15) is 27.3 Å². The third-order valence-electron chi connectivity index (χ3n) is 5.13. The van der Waals surface area contributed by atoms with Gasteiger partial charge >= 0.3 is 5.97 Å². The number of benzene rings is 1. The minimum atomic E-state index is -0.984. The molecule has 0 saturated carbocycles. The number of aromatic nitrogens is 3. The summed E-state index contributed by atoms with van der Waals surface area (Å²) in [4.78, 5) is 26.9. The van der Waals surface area contributed by atoms with Gasteiger partial charge in [0.25, 0.3) is 0 Å². The highest BCUT2D eigenvalue weighted by Gasteiger charge is 2.16. The summed E-state index contributed by atoms with van der Waals surface area (Å²) >= 11 is 1.08. The summed E-state index contributed by atoms with van der Waals surface area (Å²) in [5, 5.41) is 13.7. The minimum absolute atomic E-state index is 0.213. The first-order valence-corrected chi connectivity index (χ1v) is 11.0. The predicted molar refractivity (Wildman–Crippen MR) is 119 cm³/mol. The van der Waals surface area contributed by atoms with E-state index in [0.717, 1.165) is 72.8 Å². The zero-order valence-electron chi connectivity index (χ0n) is 17.6. The Labute approximate surface area is 184 Å². The lowest BCUT2D eigenvalue weighted by atomic mass is 10.1. The SMILES string of the molecule is Cc1cc2c(Nc3nc(C)c(C(=O)O)s3)ncnc2cc1OCCCN1CCOCC1. The molecule has 1 aromatic carbocycles. The van der Waals surface area contributed by atoms with E-state index in [-0.39, 0.29) is 4.88 Å². The van der Waals surface area contributed by atoms with Crippen LogP contribution in [-0.2, 0) is 4.74 Å². The van der Waals surface area contributed by atoms with Gasteiger partial charge in [0.1, 0.15) is 22.8 Å². The monoisotopic (exact) mass is 443 g/mol. The van der Waals surface area contributed by atoms with Crippen molar-refractivity contribution in [2.45, 2.75) is 20.3 Å². The van der Waals surface area contributed by atoms with E-state index in [2.05, 4.69) is 25.2 Å². The average Bonchev–Trinajstić information content (AvgIpc) is 3.13. The molecule has 31 heavy (non-hydrogen) atoms. The zero-order chi connectivity index (χ0) is 21.8. The van der Waals surface area contributed by atoms with E-state index in [1.54, 1.807) is 6.92 Å². The molecule has 0 aliphatic carbocycles. The number of ether oxygens (including phenoxy) is 2. The molecule has 9 nitrogen and oxygen atoms in total. The standard InChI is InChI=1S/C21H25N5O4S/c1-13-10-15-16(11-17(13)30-7-3-4-26-5-8-29-9-6-26)22-12-23-19(15)25-21-24-14(2)18(31-21)20(27)28/h10-12H,3-9H2,1-2H3,(H,27,28)(H,22,23,24,25). The molecular formula is C21H25N5O4S. The Hall–Kier alpha value is -2.82. The molecule has 2 N–H and O–H groups in total. The van der Waals surface area contributed by atoms with E-state index in [1.165, 1.54) is 6.33 Å². The van der Waals surface area contributed by atoms with Gasteiger partial charge in [-0.3, -0.25) is 4.90 Å². The Balaban J connectivity index is 1.45. The normalized spacial score (nSPS) is 14.6. The summed E-state index contributed by atoms with van der Waals surface area (Å²) in [5.41, 5.74) is 2.21. The van der Waals surface area contributed by atoms with Crippen LogP contribution in [0.15, 0.2) is 18.5 Å². The van der Waals surface area contributed by atoms with Crippen molar-refractivity contribution < 1.29 is 19.4 Å². The lowest BCUT2D eigenvalue weighted by molar-refractivity contribution is 0.0358. The van der Waals surface area contributed by atoms with Gasteiger partial charge in [-0.2, -0.15) is 0 Å². The number of nitrogens with one attached hydrogen (secondary N) is 1. The highest BCUT2D eigenvalue weighted by Crippen LogP contribution is 2.31. The Kier molecular flexibility index (Phi) is 6.59. The summed E-state index contributed by atoms with van der Waals surface area (Å²) in [6.45, 7) is 8.87. The number of aryl methyl sites for hydroxylation is 2. The van der Waals surface area contributed by atoms with E-state index in [4.69, 9.17) is 9.47 Å². The van der Waals surface area contributed by atoms with Crippen molar-refractivity contribution >= 4 is 39.2 Å². The Morgan fingerprint density at radius 2 is 2.10 bits per heavy atom. The van der Waals surface area contributed by atoms with Crippen LogP contribution in [0.3, 0.4) is 0 Å². The van der Waals surface area contributed by atoms with Crippen molar-refractivity contribution in [1.82, 2.24) is 19.9 Å². The third-order valence-corrected chi connectivity index (χ3v) is 6.19. The van der Waals surface area contributed by atoms with Crippen LogP contribution >= 0.6 is 11.3 Å². The number of carboxylic acids is 1. The molecule has 3 heterocycles. The van der Waals surface area contributed by atoms with Gasteiger partial charge in [0.15, 0.2) is 5.13 Å². The Bertz CT molecular complexity index is 1080. The highest BCUT2D eigenvalue weighted by atomic mass is 32.1. The number of thiazole rings is 1. The maximum Gasteiger partial charge on any atom is 0.347 e. The molecule has 0 atom stereocenters. The van der Waals surface area contributed by atoms with Crippen LogP contribution in [0.4, 0.5) is 10.9 Å². The van der Waals surface area contributed by atoms with Crippen molar-refractivity contribution in [2.75, 3.05) is 44.8 Å². The van der Waals surface area contributed by atoms with E-state index >= 15 is 0 Å². The fourth-order valence-corrected chi connectivity index (χ4v) is 4.30. The molecule has 1 aliphatic rings. The van der Waals surface area contributed by atoms with Crippen LogP contribution in [0.25, 0.3) is 10.9 Å². The molecule has 2 aromatic heterocycles. The van der Waals surface area contributed by atoms with Gasteiger partial charge < -0.3 is 19.9 Å². The van der Waals surface area contributed by atoms with Crippen LogP contribution < -0.4 is 10.1 Å². The number of rotatable bonds is 8. The summed E-state index contributed by atoms with van der Waals surface area (Å²) in [5.74, 6) is 0.400. The van der Waals surface area contributed by atoms with Crippen LogP contribution in [0.2, 0.25) is 0 Å². The molecule has 1 aliphatic heterocycles. The van der Waals surface area contributed by atoms with Gasteiger partial charge in [0.05, 0.1) is 31.0 Å². The zero-order valence-corrected chi connectivity index (χ0v) is 18.4. The Morgan fingerprint density at radius 3 is 2.84 bits per heavy atom. The summed E-state index contributed by atoms with van der Waals surface area (Å²) in [7, 11) is 0. The second-order valence-electron chi connectivity index (χ2n) is 7.38. The molecule has 1 saturated heterocycles.